The molecule has 0 fully saturated rings. The van der Waals surface area contributed by atoms with Gasteiger partial charge in [0.05, 0.1) is 66.8 Å². The minimum Gasteiger partial charge on any atom is -0.497 e. The topological polar surface area (TPSA) is 134 Å². The smallest absolute Gasteiger partial charge is 0.163 e. The van der Waals surface area contributed by atoms with Crippen molar-refractivity contribution in [1.29, 1.82) is 10.5 Å². The second-order valence-corrected chi connectivity index (χ2v) is 9.72. The summed E-state index contributed by atoms with van der Waals surface area (Å²) in [7, 11) is 3.20. The van der Waals surface area contributed by atoms with E-state index in [9.17, 15) is 0 Å². The van der Waals surface area contributed by atoms with Gasteiger partial charge in [-0.3, -0.25) is 0 Å². The van der Waals surface area contributed by atoms with E-state index in [1.165, 1.54) is 0 Å². The van der Waals surface area contributed by atoms with Crippen molar-refractivity contribution >= 4 is 22.7 Å². The Morgan fingerprint density at radius 3 is 1.52 bits per heavy atom. The van der Waals surface area contributed by atoms with Gasteiger partial charge in [0.1, 0.15) is 11.4 Å². The van der Waals surface area contributed by atoms with Crippen LogP contribution < -0.4 is 18.9 Å². The molecular formula is C34H34N6O4. The van der Waals surface area contributed by atoms with Crippen molar-refractivity contribution in [2.75, 3.05) is 14.2 Å². The standard InChI is InChI=1S/2C17H17N3O2/c1-12(2)22-17-10-15(21-3)8-9-16(17)20-19-14-6-4-13(11-18)5-7-14;1-12(2)22-17-10-15(8-9-16(17)21-3)20-19-14-6-4-13(11-18)5-7-14/h2*4-10,12H,1-3H3. The summed E-state index contributed by atoms with van der Waals surface area (Å²) in [6.07, 6.45) is 0.0654. The van der Waals surface area contributed by atoms with Gasteiger partial charge in [-0.1, -0.05) is 0 Å². The third-order valence-corrected chi connectivity index (χ3v) is 5.59. The number of azo groups is 2. The Bertz CT molecular complexity index is 1650. The highest BCUT2D eigenvalue weighted by atomic mass is 16.5. The number of hydrogen-bond acceptors (Lipinski definition) is 10. The number of nitriles is 2. The van der Waals surface area contributed by atoms with Gasteiger partial charge in [0.2, 0.25) is 0 Å². The van der Waals surface area contributed by atoms with Crippen LogP contribution in [-0.4, -0.2) is 26.4 Å². The van der Waals surface area contributed by atoms with Crippen molar-refractivity contribution in [1.82, 2.24) is 0 Å². The molecule has 0 N–H and O–H groups in total. The van der Waals surface area contributed by atoms with Crippen LogP contribution in [0.2, 0.25) is 0 Å². The molecule has 0 heterocycles. The molecule has 10 nitrogen and oxygen atoms in total. The van der Waals surface area contributed by atoms with Crippen molar-refractivity contribution in [2.45, 2.75) is 39.9 Å². The number of ether oxygens (including phenoxy) is 4. The molecule has 0 aliphatic carbocycles. The highest BCUT2D eigenvalue weighted by Crippen LogP contribution is 2.34. The first-order chi connectivity index (χ1) is 21.2. The lowest BCUT2D eigenvalue weighted by molar-refractivity contribution is 0.230. The van der Waals surface area contributed by atoms with Gasteiger partial charge in [-0.25, -0.2) is 0 Å². The van der Waals surface area contributed by atoms with Crippen LogP contribution in [0.15, 0.2) is 105 Å². The van der Waals surface area contributed by atoms with Crippen molar-refractivity contribution in [3.63, 3.8) is 0 Å². The predicted molar refractivity (Wildman–Crippen MR) is 168 cm³/mol. The molecule has 0 aromatic heterocycles. The number of benzene rings is 4. The highest BCUT2D eigenvalue weighted by Gasteiger charge is 2.09. The first-order valence-electron chi connectivity index (χ1n) is 13.8. The lowest BCUT2D eigenvalue weighted by Gasteiger charge is -2.13. The molecule has 44 heavy (non-hydrogen) atoms. The highest BCUT2D eigenvalue weighted by molar-refractivity contribution is 5.55. The number of methoxy groups -OCH3 is 2. The lowest BCUT2D eigenvalue weighted by atomic mass is 10.2. The maximum atomic E-state index is 8.77. The fourth-order valence-electron chi connectivity index (χ4n) is 3.56. The third kappa shape index (κ3) is 10.3. The van der Waals surface area contributed by atoms with Crippen molar-refractivity contribution in [3.05, 3.63) is 96.1 Å². The van der Waals surface area contributed by atoms with Crippen LogP contribution in [0.1, 0.15) is 38.8 Å². The maximum Gasteiger partial charge on any atom is 0.163 e. The quantitative estimate of drug-likeness (QED) is 0.169. The average molecular weight is 591 g/mol. The molecule has 0 spiro atoms. The molecule has 0 amide bonds. The van der Waals surface area contributed by atoms with Crippen LogP contribution in [0.25, 0.3) is 0 Å². The van der Waals surface area contributed by atoms with Gasteiger partial charge in [0.15, 0.2) is 17.2 Å². The average Bonchev–Trinajstić information content (AvgIpc) is 3.03. The third-order valence-electron chi connectivity index (χ3n) is 5.59. The van der Waals surface area contributed by atoms with Crippen LogP contribution in [0.3, 0.4) is 0 Å². The van der Waals surface area contributed by atoms with Gasteiger partial charge in [-0.05, 0) is 100 Å². The van der Waals surface area contributed by atoms with Gasteiger partial charge < -0.3 is 18.9 Å². The molecule has 224 valence electrons. The molecule has 0 unspecified atom stereocenters. The van der Waals surface area contributed by atoms with Crippen LogP contribution in [0.4, 0.5) is 22.7 Å². The Kier molecular flexibility index (Phi) is 12.4. The summed E-state index contributed by atoms with van der Waals surface area (Å²) in [5.41, 5.74) is 3.83. The predicted octanol–water partition coefficient (Wildman–Crippen LogP) is 9.54. The summed E-state index contributed by atoms with van der Waals surface area (Å²) in [6.45, 7) is 7.79. The Hall–Kier alpha value is -5.74. The summed E-state index contributed by atoms with van der Waals surface area (Å²) in [4.78, 5) is 0. The molecule has 0 aliphatic heterocycles. The summed E-state index contributed by atoms with van der Waals surface area (Å²) in [5, 5.41) is 34.3. The minimum atomic E-state index is 0.0240. The van der Waals surface area contributed by atoms with E-state index in [1.54, 1.807) is 99.1 Å². The molecule has 4 rings (SSSR count). The second-order valence-electron chi connectivity index (χ2n) is 9.72. The molecule has 0 aliphatic rings. The van der Waals surface area contributed by atoms with Crippen LogP contribution in [0, 0.1) is 22.7 Å². The van der Waals surface area contributed by atoms with Crippen LogP contribution in [-0.2, 0) is 0 Å². The lowest BCUT2D eigenvalue weighted by Crippen LogP contribution is -2.06. The normalized spacial score (nSPS) is 10.7. The Morgan fingerprint density at radius 1 is 0.523 bits per heavy atom. The van der Waals surface area contributed by atoms with E-state index < -0.39 is 0 Å². The molecule has 0 saturated heterocycles. The van der Waals surface area contributed by atoms with E-state index >= 15 is 0 Å². The molecule has 0 radical (unpaired) electrons. The maximum absolute atomic E-state index is 8.77. The van der Waals surface area contributed by atoms with E-state index in [1.807, 2.05) is 27.7 Å². The molecule has 0 bridgehead atoms. The second kappa shape index (κ2) is 16.6. The molecule has 10 heteroatoms. The zero-order chi connectivity index (χ0) is 31.9. The molecule has 4 aromatic carbocycles. The monoisotopic (exact) mass is 590 g/mol. The van der Waals surface area contributed by atoms with Crippen LogP contribution in [0.5, 0.6) is 23.0 Å². The molecular weight excluding hydrogens is 556 g/mol. The van der Waals surface area contributed by atoms with Gasteiger partial charge in [-0.2, -0.15) is 25.9 Å². The fraction of sp³-hybridized carbons (Fsp3) is 0.235. The largest absolute Gasteiger partial charge is 0.497 e. The van der Waals surface area contributed by atoms with Crippen LogP contribution >= 0.6 is 0 Å². The first-order valence-corrected chi connectivity index (χ1v) is 13.8. The Labute approximate surface area is 257 Å². The zero-order valence-electron chi connectivity index (χ0n) is 25.6. The summed E-state index contributed by atoms with van der Waals surface area (Å²) in [6, 6.07) is 28.7. The van der Waals surface area contributed by atoms with E-state index in [0.29, 0.717) is 56.9 Å². The minimum absolute atomic E-state index is 0.0240. The fourth-order valence-corrected chi connectivity index (χ4v) is 3.56. The first kappa shape index (κ1) is 32.8. The van der Waals surface area contributed by atoms with Gasteiger partial charge in [0.25, 0.3) is 0 Å². The zero-order valence-corrected chi connectivity index (χ0v) is 25.6. The van der Waals surface area contributed by atoms with Crippen molar-refractivity contribution in [2.24, 2.45) is 20.5 Å². The number of hydrogen-bond donors (Lipinski definition) is 0. The molecule has 0 atom stereocenters. The summed E-state index contributed by atoms with van der Waals surface area (Å²) < 4.78 is 21.9. The number of rotatable bonds is 10. The van der Waals surface area contributed by atoms with E-state index in [0.717, 1.165) is 0 Å². The van der Waals surface area contributed by atoms with Gasteiger partial charge in [-0.15, -0.1) is 5.11 Å². The SMILES string of the molecule is COc1ccc(N=Nc2ccc(C#N)cc2)c(OC(C)C)c1.COc1ccc(N=Nc2ccc(C#N)cc2)cc1OC(C)C. The van der Waals surface area contributed by atoms with E-state index in [4.69, 9.17) is 29.5 Å². The van der Waals surface area contributed by atoms with E-state index in [-0.39, 0.29) is 12.2 Å². The van der Waals surface area contributed by atoms with Gasteiger partial charge >= 0.3 is 0 Å². The van der Waals surface area contributed by atoms with Crippen molar-refractivity contribution in [3.8, 4) is 35.1 Å². The number of nitrogens with zero attached hydrogens (tertiary/aromatic N) is 6. The Morgan fingerprint density at radius 2 is 1.02 bits per heavy atom. The summed E-state index contributed by atoms with van der Waals surface area (Å²) >= 11 is 0. The summed E-state index contributed by atoms with van der Waals surface area (Å²) in [5.74, 6) is 2.61. The molecule has 4 aromatic rings. The van der Waals surface area contributed by atoms with Gasteiger partial charge in [0, 0.05) is 12.1 Å². The Balaban J connectivity index is 0.000000240. The van der Waals surface area contributed by atoms with E-state index in [2.05, 4.69) is 32.6 Å². The van der Waals surface area contributed by atoms with Crippen molar-refractivity contribution < 1.29 is 18.9 Å². The molecule has 0 saturated carbocycles.